The average Bonchev–Trinajstić information content (AvgIpc) is 3.41. The Morgan fingerprint density at radius 3 is 2.56 bits per heavy atom. The summed E-state index contributed by atoms with van der Waals surface area (Å²) in [7, 11) is 0. The fraction of sp³-hybridized carbons (Fsp3) is 0.400. The molecule has 0 bridgehead atoms. The third kappa shape index (κ3) is 3.93. The molecule has 168 valence electrons. The SMILES string of the molecule is CC(C)N(C(=O)c1cc(F)ccc1-n1cc(C(=O)[C@@H]2CCNC2)c2ccncc21)C(C)C. The summed E-state index contributed by atoms with van der Waals surface area (Å²) in [5.41, 5.74) is 2.10. The van der Waals surface area contributed by atoms with E-state index in [0.29, 0.717) is 23.3 Å². The van der Waals surface area contributed by atoms with Gasteiger partial charge in [0.2, 0.25) is 0 Å². The lowest BCUT2D eigenvalue weighted by Gasteiger charge is -2.31. The van der Waals surface area contributed by atoms with Crippen molar-refractivity contribution < 1.29 is 14.0 Å². The van der Waals surface area contributed by atoms with E-state index in [9.17, 15) is 14.0 Å². The molecular formula is C25H29FN4O2. The number of nitrogens with zero attached hydrogens (tertiary/aromatic N) is 3. The number of pyridine rings is 1. The smallest absolute Gasteiger partial charge is 0.256 e. The average molecular weight is 437 g/mol. The standard InChI is InChI=1S/C25H29FN4O2/c1-15(2)30(16(3)4)25(32)20-11-18(26)5-6-22(20)29-14-21(19-8-10-28-13-23(19)29)24(31)17-7-9-27-12-17/h5-6,8,10-11,13-17,27H,7,9,12H2,1-4H3/t17-/m1/s1. The van der Waals surface area contributed by atoms with Crippen LogP contribution in [0.1, 0.15) is 54.8 Å². The van der Waals surface area contributed by atoms with Gasteiger partial charge in [-0.25, -0.2) is 4.39 Å². The van der Waals surface area contributed by atoms with Gasteiger partial charge < -0.3 is 14.8 Å². The Hall–Kier alpha value is -3.06. The molecule has 6 nitrogen and oxygen atoms in total. The van der Waals surface area contributed by atoms with Gasteiger partial charge >= 0.3 is 0 Å². The molecule has 1 N–H and O–H groups in total. The number of hydrogen-bond donors (Lipinski definition) is 1. The molecule has 1 aliphatic heterocycles. The minimum atomic E-state index is -0.479. The van der Waals surface area contributed by atoms with Crippen LogP contribution in [0.15, 0.2) is 42.9 Å². The van der Waals surface area contributed by atoms with Crippen LogP contribution in [-0.2, 0) is 0 Å². The van der Waals surface area contributed by atoms with Gasteiger partial charge in [0.1, 0.15) is 5.82 Å². The fourth-order valence-electron chi connectivity index (χ4n) is 4.66. The minimum absolute atomic E-state index is 0.0475. The molecule has 1 aromatic carbocycles. The summed E-state index contributed by atoms with van der Waals surface area (Å²) in [6, 6.07) is 5.94. The van der Waals surface area contributed by atoms with Crippen LogP contribution in [0.25, 0.3) is 16.6 Å². The van der Waals surface area contributed by atoms with E-state index in [1.54, 1.807) is 34.1 Å². The number of amides is 1. The summed E-state index contributed by atoms with van der Waals surface area (Å²) >= 11 is 0. The third-order valence-corrected chi connectivity index (χ3v) is 6.10. The highest BCUT2D eigenvalue weighted by Gasteiger charge is 2.29. The number of carbonyl (C=O) groups is 2. The van der Waals surface area contributed by atoms with Gasteiger partial charge in [0.15, 0.2) is 5.78 Å². The Morgan fingerprint density at radius 1 is 1.16 bits per heavy atom. The molecule has 0 unspecified atom stereocenters. The second kappa shape index (κ2) is 8.82. The highest BCUT2D eigenvalue weighted by Crippen LogP contribution is 2.30. The quantitative estimate of drug-likeness (QED) is 0.588. The van der Waals surface area contributed by atoms with Crippen molar-refractivity contribution in [1.82, 2.24) is 19.8 Å². The first kappa shape index (κ1) is 22.1. The summed E-state index contributed by atoms with van der Waals surface area (Å²) in [5.74, 6) is -0.726. The number of ketones is 1. The van der Waals surface area contributed by atoms with Crippen molar-refractivity contribution in [2.24, 2.45) is 5.92 Å². The number of hydrogen-bond acceptors (Lipinski definition) is 4. The molecular weight excluding hydrogens is 407 g/mol. The Morgan fingerprint density at radius 2 is 1.91 bits per heavy atom. The van der Waals surface area contributed by atoms with Crippen molar-refractivity contribution in [2.75, 3.05) is 13.1 Å². The molecule has 0 saturated carbocycles. The van der Waals surface area contributed by atoms with E-state index in [2.05, 4.69) is 10.3 Å². The Balaban J connectivity index is 1.89. The molecule has 1 amide bonds. The summed E-state index contributed by atoms with van der Waals surface area (Å²) in [6.45, 7) is 9.26. The van der Waals surface area contributed by atoms with Crippen LogP contribution in [0, 0.1) is 11.7 Å². The number of halogens is 1. The van der Waals surface area contributed by atoms with Crippen LogP contribution in [0.3, 0.4) is 0 Å². The lowest BCUT2D eigenvalue weighted by molar-refractivity contribution is 0.0643. The van der Waals surface area contributed by atoms with Crippen molar-refractivity contribution in [3.05, 3.63) is 59.8 Å². The number of fused-ring (bicyclic) bond motifs is 1. The van der Waals surface area contributed by atoms with Crippen LogP contribution in [0.2, 0.25) is 0 Å². The van der Waals surface area contributed by atoms with Gasteiger partial charge in [0.25, 0.3) is 5.91 Å². The second-order valence-electron chi connectivity index (χ2n) is 8.92. The molecule has 32 heavy (non-hydrogen) atoms. The van der Waals surface area contributed by atoms with Gasteiger partial charge in [0.05, 0.1) is 23.0 Å². The van der Waals surface area contributed by atoms with E-state index >= 15 is 0 Å². The zero-order valence-corrected chi connectivity index (χ0v) is 18.9. The maximum Gasteiger partial charge on any atom is 0.256 e. The summed E-state index contributed by atoms with van der Waals surface area (Å²) in [6.07, 6.45) is 5.91. The van der Waals surface area contributed by atoms with Crippen LogP contribution in [0.5, 0.6) is 0 Å². The van der Waals surface area contributed by atoms with Crippen molar-refractivity contribution in [3.8, 4) is 5.69 Å². The molecule has 0 spiro atoms. The second-order valence-corrected chi connectivity index (χ2v) is 8.92. The van der Waals surface area contributed by atoms with Gasteiger partial charge in [-0.3, -0.25) is 14.6 Å². The summed E-state index contributed by atoms with van der Waals surface area (Å²) in [5, 5.41) is 4.02. The van der Waals surface area contributed by atoms with E-state index in [1.807, 2.05) is 33.8 Å². The van der Waals surface area contributed by atoms with E-state index in [4.69, 9.17) is 0 Å². The molecule has 1 aliphatic rings. The third-order valence-electron chi connectivity index (χ3n) is 6.10. The number of aromatic nitrogens is 2. The predicted octanol–water partition coefficient (Wildman–Crippen LogP) is 4.22. The van der Waals surface area contributed by atoms with Crippen molar-refractivity contribution in [2.45, 2.75) is 46.2 Å². The molecule has 0 aliphatic carbocycles. The Bertz CT molecular complexity index is 1150. The van der Waals surface area contributed by atoms with Crippen LogP contribution < -0.4 is 5.32 Å². The zero-order valence-electron chi connectivity index (χ0n) is 18.9. The van der Waals surface area contributed by atoms with Crippen molar-refractivity contribution in [1.29, 1.82) is 0 Å². The number of benzene rings is 1. The number of nitrogens with one attached hydrogen (secondary N) is 1. The van der Waals surface area contributed by atoms with E-state index in [1.165, 1.54) is 12.1 Å². The monoisotopic (exact) mass is 436 g/mol. The largest absolute Gasteiger partial charge is 0.334 e. The van der Waals surface area contributed by atoms with E-state index in [-0.39, 0.29) is 35.3 Å². The molecule has 7 heteroatoms. The summed E-state index contributed by atoms with van der Waals surface area (Å²) < 4.78 is 16.1. The first-order valence-electron chi connectivity index (χ1n) is 11.1. The maximum absolute atomic E-state index is 14.3. The Kier molecular flexibility index (Phi) is 6.11. The molecule has 1 saturated heterocycles. The van der Waals surface area contributed by atoms with Crippen LogP contribution >= 0.6 is 0 Å². The highest BCUT2D eigenvalue weighted by molar-refractivity contribution is 6.10. The van der Waals surface area contributed by atoms with Crippen molar-refractivity contribution in [3.63, 3.8) is 0 Å². The molecule has 4 rings (SSSR count). The maximum atomic E-state index is 14.3. The van der Waals surface area contributed by atoms with Gasteiger partial charge in [-0.05, 0) is 64.9 Å². The van der Waals surface area contributed by atoms with E-state index < -0.39 is 5.82 Å². The lowest BCUT2D eigenvalue weighted by atomic mass is 9.97. The topological polar surface area (TPSA) is 67.2 Å². The number of rotatable bonds is 6. The van der Waals surface area contributed by atoms with Gasteiger partial charge in [0, 0.05) is 47.9 Å². The fourth-order valence-corrected chi connectivity index (χ4v) is 4.66. The molecule has 1 atom stereocenters. The van der Waals surface area contributed by atoms with Gasteiger partial charge in [-0.1, -0.05) is 0 Å². The first-order valence-corrected chi connectivity index (χ1v) is 11.1. The zero-order chi connectivity index (χ0) is 23.0. The molecule has 2 aromatic heterocycles. The number of carbonyl (C=O) groups excluding carboxylic acids is 2. The van der Waals surface area contributed by atoms with Crippen LogP contribution in [-0.4, -0.2) is 51.3 Å². The minimum Gasteiger partial charge on any atom is -0.334 e. The normalized spacial score (nSPS) is 16.3. The Labute approximate surface area is 187 Å². The van der Waals surface area contributed by atoms with Gasteiger partial charge in [-0.15, -0.1) is 0 Å². The first-order chi connectivity index (χ1) is 15.3. The predicted molar refractivity (Wildman–Crippen MR) is 123 cm³/mol. The van der Waals surface area contributed by atoms with Gasteiger partial charge in [-0.2, -0.15) is 0 Å². The van der Waals surface area contributed by atoms with Crippen LogP contribution in [0.4, 0.5) is 4.39 Å². The molecule has 3 heterocycles. The summed E-state index contributed by atoms with van der Waals surface area (Å²) in [4.78, 5) is 32.7. The van der Waals surface area contributed by atoms with E-state index in [0.717, 1.165) is 18.4 Å². The molecule has 0 radical (unpaired) electrons. The lowest BCUT2D eigenvalue weighted by Crippen LogP contribution is -2.42. The number of Topliss-reactive ketones (excluding diaryl/α,β-unsaturated/α-hetero) is 1. The van der Waals surface area contributed by atoms with Crippen molar-refractivity contribution >= 4 is 22.6 Å². The highest BCUT2D eigenvalue weighted by atomic mass is 19.1. The molecule has 1 fully saturated rings. The molecule has 3 aromatic rings.